The van der Waals surface area contributed by atoms with E-state index in [2.05, 4.69) is 13.8 Å². The van der Waals surface area contributed by atoms with E-state index in [4.69, 9.17) is 15.6 Å². The highest BCUT2D eigenvalue weighted by molar-refractivity contribution is 6.15. The molecule has 30 heavy (non-hydrogen) atoms. The Kier molecular flexibility index (Phi) is 4.92. The molecule has 3 atom stereocenters. The first kappa shape index (κ1) is 20.8. The standard InChI is InChI=1S/C23H27F2N3O2/c1-13(29)28-9-10-30-19(12-28)23-8-7-15(22(23,2)3)14(21(23)27)11-18(26)20-16(24)5-4-6-17(20)25/h4-6,11,15,19,26-27H,7-10,12H2,1-3H3/b14-11-,26-18?,27-21?/t15-,19-,23?/m0/s1. The Balaban J connectivity index is 1.72. The van der Waals surface area contributed by atoms with Crippen LogP contribution in [0.1, 0.15) is 39.2 Å². The summed E-state index contributed by atoms with van der Waals surface area (Å²) in [4.78, 5) is 13.7. The molecular formula is C23H27F2N3O2. The number of nitrogens with zero attached hydrogens (tertiary/aromatic N) is 1. The minimum atomic E-state index is -0.784. The van der Waals surface area contributed by atoms with Crippen molar-refractivity contribution in [3.63, 3.8) is 0 Å². The third kappa shape index (κ3) is 2.78. The van der Waals surface area contributed by atoms with Crippen molar-refractivity contribution in [2.45, 2.75) is 39.7 Å². The molecule has 1 aromatic rings. The second kappa shape index (κ2) is 7.08. The molecular weight excluding hydrogens is 388 g/mol. The number of rotatable bonds is 3. The summed E-state index contributed by atoms with van der Waals surface area (Å²) in [5.41, 5.74) is -0.522. The SMILES string of the molecule is CC(=O)N1CCO[C@H](C23CC[C@@H](/C(=C/C(=N)c4c(F)cccc4F)C2=N)C3(C)C)C1. The van der Waals surface area contributed by atoms with Gasteiger partial charge in [0.25, 0.3) is 0 Å². The number of hydrogen-bond donors (Lipinski definition) is 2. The lowest BCUT2D eigenvalue weighted by atomic mass is 9.64. The maximum absolute atomic E-state index is 14.2. The molecule has 1 saturated heterocycles. The van der Waals surface area contributed by atoms with E-state index in [-0.39, 0.29) is 34.6 Å². The number of carbonyl (C=O) groups is 1. The number of hydrogen-bond acceptors (Lipinski definition) is 4. The van der Waals surface area contributed by atoms with E-state index in [1.165, 1.54) is 19.1 Å². The van der Waals surface area contributed by atoms with Gasteiger partial charge in [-0.05, 0) is 48.0 Å². The number of carbonyl (C=O) groups excluding carboxylic acids is 1. The Bertz CT molecular complexity index is 951. The van der Waals surface area contributed by atoms with Crippen LogP contribution in [0.3, 0.4) is 0 Å². The van der Waals surface area contributed by atoms with Crippen molar-refractivity contribution in [1.82, 2.24) is 4.90 Å². The molecule has 7 heteroatoms. The fourth-order valence-corrected chi connectivity index (χ4v) is 5.92. The molecule has 1 unspecified atom stereocenters. The molecule has 160 valence electrons. The summed E-state index contributed by atoms with van der Waals surface area (Å²) < 4.78 is 34.5. The minimum absolute atomic E-state index is 0.00325. The molecule has 0 spiro atoms. The van der Waals surface area contributed by atoms with Crippen LogP contribution in [0.15, 0.2) is 29.8 Å². The summed E-state index contributed by atoms with van der Waals surface area (Å²) in [6, 6.07) is 3.54. The highest BCUT2D eigenvalue weighted by atomic mass is 19.1. The lowest BCUT2D eigenvalue weighted by molar-refractivity contribution is -0.144. The molecule has 2 N–H and O–H groups in total. The van der Waals surface area contributed by atoms with Crippen LogP contribution in [0, 0.1) is 39.2 Å². The number of allylic oxidation sites excluding steroid dienone is 2. The zero-order valence-electron chi connectivity index (χ0n) is 17.5. The lowest BCUT2D eigenvalue weighted by Crippen LogP contribution is -2.56. The molecule has 2 saturated carbocycles. The monoisotopic (exact) mass is 415 g/mol. The summed E-state index contributed by atoms with van der Waals surface area (Å²) in [6.07, 6.45) is 2.73. The van der Waals surface area contributed by atoms with E-state index >= 15 is 0 Å². The van der Waals surface area contributed by atoms with Crippen molar-refractivity contribution >= 4 is 17.3 Å². The summed E-state index contributed by atoms with van der Waals surface area (Å²) in [5, 5.41) is 17.4. The molecule has 3 fully saturated rings. The number of nitrogens with one attached hydrogen (secondary N) is 2. The van der Waals surface area contributed by atoms with Gasteiger partial charge in [-0.25, -0.2) is 8.78 Å². The van der Waals surface area contributed by atoms with Gasteiger partial charge in [0.1, 0.15) is 11.6 Å². The largest absolute Gasteiger partial charge is 0.374 e. The van der Waals surface area contributed by atoms with Crippen molar-refractivity contribution in [3.05, 3.63) is 47.0 Å². The summed E-state index contributed by atoms with van der Waals surface area (Å²) in [5.74, 6) is -1.58. The first-order valence-corrected chi connectivity index (χ1v) is 10.3. The second-order valence-electron chi connectivity index (χ2n) is 9.09. The van der Waals surface area contributed by atoms with Crippen molar-refractivity contribution < 1.29 is 18.3 Å². The predicted molar refractivity (Wildman–Crippen MR) is 110 cm³/mol. The molecule has 1 aromatic carbocycles. The van der Waals surface area contributed by atoms with Crippen LogP contribution < -0.4 is 0 Å². The van der Waals surface area contributed by atoms with E-state index in [9.17, 15) is 13.6 Å². The van der Waals surface area contributed by atoms with Gasteiger partial charge in [0, 0.05) is 31.1 Å². The van der Waals surface area contributed by atoms with Gasteiger partial charge < -0.3 is 20.5 Å². The summed E-state index contributed by atoms with van der Waals surface area (Å²) >= 11 is 0. The molecule has 3 aliphatic rings. The van der Waals surface area contributed by atoms with E-state index in [0.29, 0.717) is 31.0 Å². The van der Waals surface area contributed by atoms with E-state index < -0.39 is 17.0 Å². The highest BCUT2D eigenvalue weighted by Crippen LogP contribution is 2.68. The van der Waals surface area contributed by atoms with E-state index in [1.54, 1.807) is 4.90 Å². The van der Waals surface area contributed by atoms with Crippen LogP contribution in [-0.4, -0.2) is 48.0 Å². The maximum Gasteiger partial charge on any atom is 0.219 e. The van der Waals surface area contributed by atoms with Gasteiger partial charge in [0.15, 0.2) is 0 Å². The Morgan fingerprint density at radius 2 is 1.97 bits per heavy atom. The van der Waals surface area contributed by atoms with Crippen LogP contribution in [0.25, 0.3) is 0 Å². The number of benzene rings is 1. The molecule has 2 aliphatic carbocycles. The molecule has 0 radical (unpaired) electrons. The average Bonchev–Trinajstić information content (AvgIpc) is 3.04. The Morgan fingerprint density at radius 1 is 1.30 bits per heavy atom. The Morgan fingerprint density at radius 3 is 2.60 bits per heavy atom. The third-order valence-corrected chi connectivity index (χ3v) is 7.55. The van der Waals surface area contributed by atoms with Crippen LogP contribution in [0.4, 0.5) is 8.78 Å². The quantitative estimate of drug-likeness (QED) is 0.733. The van der Waals surface area contributed by atoms with Gasteiger partial charge in [0.2, 0.25) is 5.91 Å². The number of amides is 1. The van der Waals surface area contributed by atoms with Crippen LogP contribution in [0.5, 0.6) is 0 Å². The van der Waals surface area contributed by atoms with Gasteiger partial charge >= 0.3 is 0 Å². The van der Waals surface area contributed by atoms with Gasteiger partial charge in [-0.3, -0.25) is 4.79 Å². The van der Waals surface area contributed by atoms with Crippen LogP contribution in [-0.2, 0) is 9.53 Å². The van der Waals surface area contributed by atoms with Crippen LogP contribution in [0.2, 0.25) is 0 Å². The zero-order valence-corrected chi connectivity index (χ0v) is 17.5. The van der Waals surface area contributed by atoms with E-state index in [1.807, 2.05) is 0 Å². The lowest BCUT2D eigenvalue weighted by Gasteiger charge is -2.47. The highest BCUT2D eigenvalue weighted by Gasteiger charge is 2.68. The number of ether oxygens (including phenoxy) is 1. The first-order valence-electron chi connectivity index (χ1n) is 10.3. The van der Waals surface area contributed by atoms with Crippen molar-refractivity contribution in [2.24, 2.45) is 16.7 Å². The smallest absolute Gasteiger partial charge is 0.219 e. The van der Waals surface area contributed by atoms with Gasteiger partial charge in [-0.1, -0.05) is 19.9 Å². The van der Waals surface area contributed by atoms with Gasteiger partial charge in [-0.15, -0.1) is 0 Å². The minimum Gasteiger partial charge on any atom is -0.374 e. The third-order valence-electron chi connectivity index (χ3n) is 7.55. The topological polar surface area (TPSA) is 77.2 Å². The van der Waals surface area contributed by atoms with Crippen molar-refractivity contribution in [1.29, 1.82) is 10.8 Å². The van der Waals surface area contributed by atoms with Gasteiger partial charge in [0.05, 0.1) is 24.0 Å². The average molecular weight is 415 g/mol. The zero-order chi connectivity index (χ0) is 21.8. The predicted octanol–water partition coefficient (Wildman–Crippen LogP) is 3.96. The molecule has 2 bridgehead atoms. The number of morpholine rings is 1. The second-order valence-corrected chi connectivity index (χ2v) is 9.09. The molecule has 5 nitrogen and oxygen atoms in total. The normalized spacial score (nSPS) is 31.4. The van der Waals surface area contributed by atoms with Crippen molar-refractivity contribution in [3.8, 4) is 0 Å². The Labute approximate surface area is 175 Å². The summed E-state index contributed by atoms with van der Waals surface area (Å²) in [7, 11) is 0. The molecule has 1 amide bonds. The fourth-order valence-electron chi connectivity index (χ4n) is 5.92. The maximum atomic E-state index is 14.2. The number of halogens is 2. The molecule has 1 aliphatic heterocycles. The Hall–Kier alpha value is -2.41. The molecule has 4 rings (SSSR count). The van der Waals surface area contributed by atoms with E-state index in [0.717, 1.165) is 25.0 Å². The molecule has 1 heterocycles. The summed E-state index contributed by atoms with van der Waals surface area (Å²) in [6.45, 7) is 7.14. The fraction of sp³-hybridized carbons (Fsp3) is 0.522. The van der Waals surface area contributed by atoms with Crippen molar-refractivity contribution in [2.75, 3.05) is 19.7 Å². The number of fused-ring (bicyclic) bond motifs is 2. The molecule has 0 aromatic heterocycles. The van der Waals surface area contributed by atoms with Crippen LogP contribution >= 0.6 is 0 Å². The first-order chi connectivity index (χ1) is 14.1. The van der Waals surface area contributed by atoms with Gasteiger partial charge in [-0.2, -0.15) is 0 Å².